The lowest BCUT2D eigenvalue weighted by atomic mass is 10.1. The molecule has 3 rings (SSSR count). The fraction of sp³-hybridized carbons (Fsp3) is 0.312. The number of amides is 2. The Balaban J connectivity index is 1.59. The van der Waals surface area contributed by atoms with Gasteiger partial charge >= 0.3 is 6.09 Å². The van der Waals surface area contributed by atoms with Gasteiger partial charge in [0.2, 0.25) is 0 Å². The first-order valence-corrected chi connectivity index (χ1v) is 7.46. The summed E-state index contributed by atoms with van der Waals surface area (Å²) >= 11 is 0. The number of hydrogen-bond donors (Lipinski definition) is 1. The number of halogens is 1. The number of ether oxygens (including phenoxy) is 1. The predicted molar refractivity (Wildman–Crippen MR) is 84.3 cm³/mol. The van der Waals surface area contributed by atoms with Crippen LogP contribution in [0.1, 0.15) is 15.9 Å². The van der Waals surface area contributed by atoms with Gasteiger partial charge in [0.05, 0.1) is 19.3 Å². The second-order valence-electron chi connectivity index (χ2n) is 5.60. The zero-order valence-electron chi connectivity index (χ0n) is 13.3. The minimum atomic E-state index is -0.476. The Kier molecular flexibility index (Phi) is 4.20. The van der Waals surface area contributed by atoms with Gasteiger partial charge in [0.25, 0.3) is 5.91 Å². The first kappa shape index (κ1) is 16.0. The van der Waals surface area contributed by atoms with Crippen LogP contribution in [0.25, 0.3) is 0 Å². The van der Waals surface area contributed by atoms with Crippen molar-refractivity contribution < 1.29 is 18.7 Å². The summed E-state index contributed by atoms with van der Waals surface area (Å²) in [7, 11) is 1.73. The van der Waals surface area contributed by atoms with E-state index in [1.165, 1.54) is 23.1 Å². The molecule has 1 aliphatic rings. The lowest BCUT2D eigenvalue weighted by molar-refractivity contribution is 0.0916. The van der Waals surface area contributed by atoms with Crippen LogP contribution in [0.15, 0.2) is 30.5 Å². The molecule has 0 aliphatic carbocycles. The maximum Gasteiger partial charge on any atom is 0.416 e. The van der Waals surface area contributed by atoms with Crippen molar-refractivity contribution in [3.05, 3.63) is 47.4 Å². The van der Waals surface area contributed by atoms with Crippen molar-refractivity contribution >= 4 is 17.8 Å². The van der Waals surface area contributed by atoms with Gasteiger partial charge in [0.1, 0.15) is 17.7 Å². The summed E-state index contributed by atoms with van der Waals surface area (Å²) < 4.78 is 20.1. The van der Waals surface area contributed by atoms with Crippen molar-refractivity contribution in [3.8, 4) is 0 Å². The van der Waals surface area contributed by atoms with Crippen LogP contribution in [0.2, 0.25) is 0 Å². The molecule has 0 bridgehead atoms. The van der Waals surface area contributed by atoms with Crippen LogP contribution in [-0.4, -0.2) is 41.0 Å². The maximum absolute atomic E-state index is 13.2. The van der Waals surface area contributed by atoms with E-state index in [1.807, 2.05) is 0 Å². The second kappa shape index (κ2) is 6.31. The summed E-state index contributed by atoms with van der Waals surface area (Å²) in [5.41, 5.74) is 0.763. The quantitative estimate of drug-likeness (QED) is 0.923. The molecule has 1 atom stereocenters. The molecule has 1 saturated heterocycles. The summed E-state index contributed by atoms with van der Waals surface area (Å²) in [6.07, 6.45) is 0.655. The van der Waals surface area contributed by atoms with Gasteiger partial charge in [-0.3, -0.25) is 14.4 Å². The first-order chi connectivity index (χ1) is 11.5. The molecule has 1 aromatic heterocycles. The number of benzene rings is 1. The van der Waals surface area contributed by atoms with Crippen LogP contribution in [0, 0.1) is 12.7 Å². The van der Waals surface area contributed by atoms with Crippen molar-refractivity contribution in [2.24, 2.45) is 7.05 Å². The molecule has 24 heavy (non-hydrogen) atoms. The number of aryl methyl sites for hydroxylation is 2. The molecule has 1 aliphatic heterocycles. The van der Waals surface area contributed by atoms with E-state index in [9.17, 15) is 14.0 Å². The van der Waals surface area contributed by atoms with Crippen LogP contribution in [-0.2, 0) is 11.8 Å². The Morgan fingerprint density at radius 2 is 2.25 bits per heavy atom. The highest BCUT2D eigenvalue weighted by Crippen LogP contribution is 2.20. The largest absolute Gasteiger partial charge is 0.442 e. The van der Waals surface area contributed by atoms with Crippen LogP contribution in [0.3, 0.4) is 0 Å². The van der Waals surface area contributed by atoms with Gasteiger partial charge in [-0.2, -0.15) is 5.10 Å². The van der Waals surface area contributed by atoms with Crippen LogP contribution in [0.5, 0.6) is 0 Å². The van der Waals surface area contributed by atoms with Crippen molar-refractivity contribution in [3.63, 3.8) is 0 Å². The number of carbonyl (C=O) groups is 2. The Bertz CT molecular complexity index is 789. The number of aromatic nitrogens is 2. The van der Waals surface area contributed by atoms with Crippen molar-refractivity contribution in [1.29, 1.82) is 0 Å². The van der Waals surface area contributed by atoms with E-state index in [2.05, 4.69) is 10.4 Å². The SMILES string of the molecule is Cc1cc(C(=O)NCC2CN(c3ccnn3C)C(=O)O2)ccc1F. The molecule has 0 saturated carbocycles. The molecule has 1 aromatic carbocycles. The van der Waals surface area contributed by atoms with Gasteiger partial charge in [-0.25, -0.2) is 9.18 Å². The van der Waals surface area contributed by atoms with Crippen LogP contribution < -0.4 is 10.2 Å². The summed E-state index contributed by atoms with van der Waals surface area (Å²) in [6.45, 7) is 2.09. The molecule has 2 aromatic rings. The van der Waals surface area contributed by atoms with Gasteiger partial charge in [0.15, 0.2) is 0 Å². The third-order valence-corrected chi connectivity index (χ3v) is 3.86. The molecule has 1 N–H and O–H groups in total. The van der Waals surface area contributed by atoms with E-state index in [1.54, 1.807) is 30.9 Å². The highest BCUT2D eigenvalue weighted by molar-refractivity contribution is 5.94. The minimum Gasteiger partial charge on any atom is -0.442 e. The maximum atomic E-state index is 13.2. The fourth-order valence-electron chi connectivity index (χ4n) is 2.54. The molecule has 0 spiro atoms. The van der Waals surface area contributed by atoms with Crippen LogP contribution in [0.4, 0.5) is 15.0 Å². The minimum absolute atomic E-state index is 0.176. The average Bonchev–Trinajstić information content (AvgIpc) is 3.13. The van der Waals surface area contributed by atoms with Crippen molar-refractivity contribution in [2.75, 3.05) is 18.0 Å². The summed E-state index contributed by atoms with van der Waals surface area (Å²) in [4.78, 5) is 25.5. The number of hydrogen-bond acceptors (Lipinski definition) is 4. The van der Waals surface area contributed by atoms with Gasteiger partial charge in [-0.05, 0) is 30.7 Å². The zero-order valence-corrected chi connectivity index (χ0v) is 13.3. The molecule has 7 nitrogen and oxygen atoms in total. The third-order valence-electron chi connectivity index (χ3n) is 3.86. The Morgan fingerprint density at radius 3 is 2.92 bits per heavy atom. The third kappa shape index (κ3) is 3.08. The van der Waals surface area contributed by atoms with E-state index in [0.717, 1.165) is 0 Å². The molecule has 8 heteroatoms. The number of nitrogens with zero attached hydrogens (tertiary/aromatic N) is 3. The summed E-state index contributed by atoms with van der Waals surface area (Å²) in [5.74, 6) is -0.0702. The second-order valence-corrected chi connectivity index (χ2v) is 5.60. The lowest BCUT2D eigenvalue weighted by Crippen LogP contribution is -2.35. The fourth-order valence-corrected chi connectivity index (χ4v) is 2.54. The van der Waals surface area contributed by atoms with E-state index < -0.39 is 12.2 Å². The van der Waals surface area contributed by atoms with Gasteiger partial charge < -0.3 is 10.1 Å². The molecule has 2 amide bonds. The number of rotatable bonds is 4. The van der Waals surface area contributed by atoms with E-state index >= 15 is 0 Å². The van der Waals surface area contributed by atoms with Crippen molar-refractivity contribution in [2.45, 2.75) is 13.0 Å². The molecular formula is C16H17FN4O3. The smallest absolute Gasteiger partial charge is 0.416 e. The number of cyclic esters (lactones) is 1. The van der Waals surface area contributed by atoms with Gasteiger partial charge in [0, 0.05) is 18.7 Å². The summed E-state index contributed by atoms with van der Waals surface area (Å²) in [6, 6.07) is 5.86. The number of carbonyl (C=O) groups excluding carboxylic acids is 2. The van der Waals surface area contributed by atoms with Gasteiger partial charge in [-0.15, -0.1) is 0 Å². The normalized spacial score (nSPS) is 17.0. The van der Waals surface area contributed by atoms with Gasteiger partial charge in [-0.1, -0.05) is 0 Å². The van der Waals surface area contributed by atoms with E-state index in [0.29, 0.717) is 23.5 Å². The Morgan fingerprint density at radius 1 is 1.46 bits per heavy atom. The molecule has 2 heterocycles. The number of nitrogens with one attached hydrogen (secondary N) is 1. The van der Waals surface area contributed by atoms with E-state index in [4.69, 9.17) is 4.74 Å². The van der Waals surface area contributed by atoms with Crippen molar-refractivity contribution in [1.82, 2.24) is 15.1 Å². The number of anilines is 1. The predicted octanol–water partition coefficient (Wildman–Crippen LogP) is 1.62. The highest BCUT2D eigenvalue weighted by Gasteiger charge is 2.33. The average molecular weight is 332 g/mol. The molecule has 126 valence electrons. The zero-order chi connectivity index (χ0) is 17.3. The monoisotopic (exact) mass is 332 g/mol. The first-order valence-electron chi connectivity index (χ1n) is 7.46. The Hall–Kier alpha value is -2.90. The molecule has 0 radical (unpaired) electrons. The topological polar surface area (TPSA) is 76.5 Å². The highest BCUT2D eigenvalue weighted by atomic mass is 19.1. The Labute approximate surface area is 138 Å². The lowest BCUT2D eigenvalue weighted by Gasteiger charge is -2.12. The summed E-state index contributed by atoms with van der Waals surface area (Å²) in [5, 5.41) is 6.72. The van der Waals surface area contributed by atoms with E-state index in [-0.39, 0.29) is 18.3 Å². The molecule has 1 unspecified atom stereocenters. The van der Waals surface area contributed by atoms with Crippen LogP contribution >= 0.6 is 0 Å². The standard InChI is InChI=1S/C16H17FN4O3/c1-10-7-11(3-4-13(10)17)15(22)18-8-12-9-21(16(23)24-12)14-5-6-19-20(14)2/h3-7,12H,8-9H2,1-2H3,(H,18,22). The molecular weight excluding hydrogens is 315 g/mol. The molecule has 1 fully saturated rings.